The maximum atomic E-state index is 10.8. The first-order chi connectivity index (χ1) is 6.93. The smallest absolute Gasteiger partial charge is 0.346 e. The molecule has 0 aromatic rings. The Morgan fingerprint density at radius 1 is 1.53 bits per heavy atom. The fraction of sp³-hybridized carbons (Fsp3) is 0.455. The molecule has 0 saturated carbocycles. The van der Waals surface area contributed by atoms with E-state index in [1.54, 1.807) is 13.0 Å². The summed E-state index contributed by atoms with van der Waals surface area (Å²) in [7, 11) is 3.71. The topological polar surface area (TPSA) is 64.3 Å². The second-order valence-corrected chi connectivity index (χ2v) is 3.39. The minimum atomic E-state index is -1.17. The minimum Gasteiger partial charge on any atom is -0.477 e. The van der Waals surface area contributed by atoms with Crippen molar-refractivity contribution >= 4 is 5.97 Å². The van der Waals surface area contributed by atoms with E-state index >= 15 is 0 Å². The lowest BCUT2D eigenvalue weighted by Gasteiger charge is -2.11. The van der Waals surface area contributed by atoms with E-state index in [-0.39, 0.29) is 5.57 Å². The van der Waals surface area contributed by atoms with Gasteiger partial charge in [0.15, 0.2) is 0 Å². The predicted octanol–water partition coefficient (Wildman–Crippen LogP) is 1.77. The van der Waals surface area contributed by atoms with Gasteiger partial charge in [0, 0.05) is 20.3 Å². The number of nitrogens with zero attached hydrogens (tertiary/aromatic N) is 2. The lowest BCUT2D eigenvalue weighted by atomic mass is 10.0. The summed E-state index contributed by atoms with van der Waals surface area (Å²) in [5.74, 6) is -1.17. The second kappa shape index (κ2) is 5.86. The molecule has 0 spiro atoms. The Balaban J connectivity index is 5.36. The van der Waals surface area contributed by atoms with Crippen molar-refractivity contribution in [3.63, 3.8) is 0 Å². The first-order valence-electron chi connectivity index (χ1n) is 4.65. The molecule has 0 heterocycles. The third-order valence-electron chi connectivity index (χ3n) is 1.98. The number of aliphatic carboxylic acids is 1. The number of allylic oxidation sites excluding steroid dienone is 2. The van der Waals surface area contributed by atoms with Crippen LogP contribution in [0.4, 0.5) is 0 Å². The van der Waals surface area contributed by atoms with E-state index < -0.39 is 5.97 Å². The molecule has 0 bridgehead atoms. The molecule has 0 aliphatic heterocycles. The van der Waals surface area contributed by atoms with Gasteiger partial charge in [-0.1, -0.05) is 6.92 Å². The Labute approximate surface area is 90.1 Å². The number of carbonyl (C=O) groups is 1. The molecule has 0 radical (unpaired) electrons. The molecule has 1 N–H and O–H groups in total. The van der Waals surface area contributed by atoms with E-state index in [1.165, 1.54) is 0 Å². The van der Waals surface area contributed by atoms with Gasteiger partial charge in [-0.25, -0.2) is 4.79 Å². The summed E-state index contributed by atoms with van der Waals surface area (Å²) in [5.41, 5.74) is 1.20. The van der Waals surface area contributed by atoms with Crippen molar-refractivity contribution in [1.29, 1.82) is 5.26 Å². The van der Waals surface area contributed by atoms with Crippen molar-refractivity contribution in [3.05, 3.63) is 22.9 Å². The predicted molar refractivity (Wildman–Crippen MR) is 58.0 cm³/mol. The highest BCUT2D eigenvalue weighted by Gasteiger charge is 2.12. The number of rotatable bonds is 4. The largest absolute Gasteiger partial charge is 0.477 e. The third-order valence-corrected chi connectivity index (χ3v) is 1.98. The molecule has 0 aliphatic carbocycles. The van der Waals surface area contributed by atoms with Crippen molar-refractivity contribution in [3.8, 4) is 6.07 Å². The summed E-state index contributed by atoms with van der Waals surface area (Å²) in [6.45, 7) is 3.58. The summed E-state index contributed by atoms with van der Waals surface area (Å²) < 4.78 is 0. The number of hydrogen-bond acceptors (Lipinski definition) is 3. The Kier molecular flexibility index (Phi) is 5.18. The van der Waals surface area contributed by atoms with Gasteiger partial charge in [0.1, 0.15) is 11.6 Å². The van der Waals surface area contributed by atoms with Crippen molar-refractivity contribution in [1.82, 2.24) is 4.90 Å². The maximum absolute atomic E-state index is 10.8. The molecule has 4 heteroatoms. The maximum Gasteiger partial charge on any atom is 0.346 e. The van der Waals surface area contributed by atoms with Gasteiger partial charge >= 0.3 is 5.97 Å². The molecule has 0 rings (SSSR count). The number of hydrogen-bond donors (Lipinski definition) is 1. The average Bonchev–Trinajstić information content (AvgIpc) is 2.14. The summed E-state index contributed by atoms with van der Waals surface area (Å²) in [6.07, 6.45) is 2.53. The highest BCUT2D eigenvalue weighted by atomic mass is 16.4. The second-order valence-electron chi connectivity index (χ2n) is 3.39. The van der Waals surface area contributed by atoms with Gasteiger partial charge in [0.25, 0.3) is 0 Å². The van der Waals surface area contributed by atoms with Gasteiger partial charge < -0.3 is 10.0 Å². The van der Waals surface area contributed by atoms with Crippen LogP contribution < -0.4 is 0 Å². The Hall–Kier alpha value is -1.76. The summed E-state index contributed by atoms with van der Waals surface area (Å²) in [5, 5.41) is 17.5. The van der Waals surface area contributed by atoms with Crippen LogP contribution in [0.2, 0.25) is 0 Å². The van der Waals surface area contributed by atoms with Crippen LogP contribution in [0.1, 0.15) is 20.3 Å². The fourth-order valence-electron chi connectivity index (χ4n) is 1.22. The average molecular weight is 208 g/mol. The van der Waals surface area contributed by atoms with Crippen LogP contribution in [0, 0.1) is 11.3 Å². The van der Waals surface area contributed by atoms with Gasteiger partial charge in [-0.05, 0) is 24.5 Å². The van der Waals surface area contributed by atoms with Crippen molar-refractivity contribution in [2.45, 2.75) is 20.3 Å². The van der Waals surface area contributed by atoms with Gasteiger partial charge in [0.2, 0.25) is 0 Å². The Bertz CT molecular complexity index is 346. The van der Waals surface area contributed by atoms with Crippen molar-refractivity contribution in [2.24, 2.45) is 0 Å². The van der Waals surface area contributed by atoms with Crippen LogP contribution in [0.25, 0.3) is 0 Å². The molecule has 4 nitrogen and oxygen atoms in total. The lowest BCUT2D eigenvalue weighted by Crippen LogP contribution is -2.07. The van der Waals surface area contributed by atoms with E-state index in [2.05, 4.69) is 0 Å². The summed E-state index contributed by atoms with van der Waals surface area (Å²) in [4.78, 5) is 12.6. The molecule has 0 fully saturated rings. The van der Waals surface area contributed by atoms with Gasteiger partial charge in [0.05, 0.1) is 0 Å². The van der Waals surface area contributed by atoms with Crippen LogP contribution in [-0.2, 0) is 4.79 Å². The first kappa shape index (κ1) is 13.2. The van der Waals surface area contributed by atoms with Crippen LogP contribution in [0.3, 0.4) is 0 Å². The van der Waals surface area contributed by atoms with Crippen LogP contribution >= 0.6 is 0 Å². The standard InChI is InChI=1S/C11H16N2O2/c1-5-9(7-13(3)4)8(2)10(6-12)11(14)15/h7H,5H2,1-4H3,(H,14,15). The molecule has 15 heavy (non-hydrogen) atoms. The van der Waals surface area contributed by atoms with E-state index in [9.17, 15) is 4.79 Å². The van der Waals surface area contributed by atoms with Crippen LogP contribution in [0.5, 0.6) is 0 Å². The van der Waals surface area contributed by atoms with Crippen molar-refractivity contribution < 1.29 is 9.90 Å². The number of nitriles is 1. The highest BCUT2D eigenvalue weighted by molar-refractivity contribution is 5.92. The van der Waals surface area contributed by atoms with E-state index in [0.717, 1.165) is 5.57 Å². The monoisotopic (exact) mass is 208 g/mol. The zero-order valence-electron chi connectivity index (χ0n) is 9.53. The molecule has 0 aliphatic rings. The molecule has 0 aromatic carbocycles. The molecule has 0 unspecified atom stereocenters. The van der Waals surface area contributed by atoms with E-state index in [1.807, 2.05) is 32.1 Å². The Morgan fingerprint density at radius 2 is 2.07 bits per heavy atom. The molecule has 0 amide bonds. The molecule has 0 atom stereocenters. The summed E-state index contributed by atoms with van der Waals surface area (Å²) in [6, 6.07) is 1.71. The fourth-order valence-corrected chi connectivity index (χ4v) is 1.22. The van der Waals surface area contributed by atoms with Crippen molar-refractivity contribution in [2.75, 3.05) is 14.1 Å². The molecule has 82 valence electrons. The zero-order chi connectivity index (χ0) is 12.0. The molecule has 0 saturated heterocycles. The number of carboxylic acid groups (broad SMARTS) is 1. The highest BCUT2D eigenvalue weighted by Crippen LogP contribution is 2.17. The summed E-state index contributed by atoms with van der Waals surface area (Å²) >= 11 is 0. The number of carboxylic acids is 1. The van der Waals surface area contributed by atoms with Crippen LogP contribution in [-0.4, -0.2) is 30.1 Å². The molecular weight excluding hydrogens is 192 g/mol. The third kappa shape index (κ3) is 3.86. The quantitative estimate of drug-likeness (QED) is 0.434. The molecular formula is C11H16N2O2. The lowest BCUT2D eigenvalue weighted by molar-refractivity contribution is -0.132. The minimum absolute atomic E-state index is 0.190. The van der Waals surface area contributed by atoms with E-state index in [4.69, 9.17) is 10.4 Å². The SMILES string of the molecule is CCC(=CN(C)C)C(C)=C(C#N)C(=O)O. The van der Waals surface area contributed by atoms with E-state index in [0.29, 0.717) is 12.0 Å². The van der Waals surface area contributed by atoms with Crippen LogP contribution in [0.15, 0.2) is 22.9 Å². The van der Waals surface area contributed by atoms with Gasteiger partial charge in [-0.15, -0.1) is 0 Å². The zero-order valence-corrected chi connectivity index (χ0v) is 9.53. The Morgan fingerprint density at radius 3 is 2.33 bits per heavy atom. The van der Waals surface area contributed by atoms with Gasteiger partial charge in [-0.2, -0.15) is 5.26 Å². The normalized spacial score (nSPS) is 12.9. The molecule has 0 aromatic heterocycles. The van der Waals surface area contributed by atoms with Gasteiger partial charge in [-0.3, -0.25) is 0 Å². The first-order valence-corrected chi connectivity index (χ1v) is 4.65.